The van der Waals surface area contributed by atoms with Crippen LogP contribution in [-0.2, 0) is 4.79 Å². The second-order valence-corrected chi connectivity index (χ2v) is 4.41. The predicted molar refractivity (Wildman–Crippen MR) is 67.7 cm³/mol. The molecule has 1 amide bonds. The molecule has 0 spiro atoms. The van der Waals surface area contributed by atoms with Crippen LogP contribution in [0.25, 0.3) is 6.08 Å². The average Bonchev–Trinajstić information content (AvgIpc) is 2.84. The lowest BCUT2D eigenvalue weighted by Gasteiger charge is -2.11. The Morgan fingerprint density at radius 3 is 2.71 bits per heavy atom. The van der Waals surface area contributed by atoms with E-state index in [4.69, 9.17) is 0 Å². The molecule has 1 aromatic carbocycles. The van der Waals surface area contributed by atoms with Crippen LogP contribution in [-0.4, -0.2) is 29.0 Å². The third-order valence-electron chi connectivity index (χ3n) is 3.06. The summed E-state index contributed by atoms with van der Waals surface area (Å²) in [4.78, 5) is 13.6. The summed E-state index contributed by atoms with van der Waals surface area (Å²) in [5.74, 6) is 0.362. The second kappa shape index (κ2) is 5.04. The monoisotopic (exact) mass is 231 g/mol. The zero-order valence-corrected chi connectivity index (χ0v) is 10.0. The Bertz CT molecular complexity index is 446. The van der Waals surface area contributed by atoms with E-state index in [1.165, 1.54) is 0 Å². The molecule has 1 aliphatic heterocycles. The number of rotatable bonds is 2. The lowest BCUT2D eigenvalue weighted by Crippen LogP contribution is -2.25. The molecule has 1 aromatic rings. The van der Waals surface area contributed by atoms with E-state index in [1.807, 2.05) is 17.9 Å². The van der Waals surface area contributed by atoms with Gasteiger partial charge in [0.05, 0.1) is 0 Å². The number of likely N-dealkylation sites (tertiary alicyclic amines) is 1. The van der Waals surface area contributed by atoms with Crippen LogP contribution in [0, 0.1) is 6.92 Å². The zero-order valence-electron chi connectivity index (χ0n) is 10.0. The second-order valence-electron chi connectivity index (χ2n) is 4.41. The van der Waals surface area contributed by atoms with Crippen molar-refractivity contribution in [3.63, 3.8) is 0 Å². The van der Waals surface area contributed by atoms with Gasteiger partial charge in [-0.1, -0.05) is 6.07 Å². The highest BCUT2D eigenvalue weighted by molar-refractivity contribution is 5.91. The summed E-state index contributed by atoms with van der Waals surface area (Å²) in [6, 6.07) is 5.31. The molecule has 2 rings (SSSR count). The van der Waals surface area contributed by atoms with Gasteiger partial charge in [-0.2, -0.15) is 0 Å². The minimum absolute atomic E-state index is 0.0771. The van der Waals surface area contributed by atoms with Gasteiger partial charge < -0.3 is 10.0 Å². The number of carbonyl (C=O) groups excluding carboxylic acids is 1. The number of aryl methyl sites for hydroxylation is 1. The maximum Gasteiger partial charge on any atom is 0.246 e. The van der Waals surface area contributed by atoms with E-state index in [0.717, 1.165) is 37.1 Å². The normalized spacial score (nSPS) is 15.7. The number of phenolic OH excluding ortho intramolecular Hbond substituents is 1. The molecule has 0 aliphatic carbocycles. The molecule has 1 fully saturated rings. The summed E-state index contributed by atoms with van der Waals surface area (Å²) in [5.41, 5.74) is 1.76. The summed E-state index contributed by atoms with van der Waals surface area (Å²) < 4.78 is 0. The highest BCUT2D eigenvalue weighted by Gasteiger charge is 2.14. The Kier molecular flexibility index (Phi) is 3.47. The lowest BCUT2D eigenvalue weighted by molar-refractivity contribution is -0.124. The Labute approximate surface area is 101 Å². The van der Waals surface area contributed by atoms with E-state index in [1.54, 1.807) is 24.3 Å². The molecule has 0 radical (unpaired) electrons. The van der Waals surface area contributed by atoms with Crippen molar-refractivity contribution in [3.8, 4) is 5.75 Å². The smallest absolute Gasteiger partial charge is 0.246 e. The Balaban J connectivity index is 2.04. The third kappa shape index (κ3) is 2.87. The maximum atomic E-state index is 11.8. The topological polar surface area (TPSA) is 40.5 Å². The van der Waals surface area contributed by atoms with Crippen LogP contribution in [0.15, 0.2) is 24.3 Å². The van der Waals surface area contributed by atoms with Crippen molar-refractivity contribution in [3.05, 3.63) is 35.4 Å². The average molecular weight is 231 g/mol. The van der Waals surface area contributed by atoms with Crippen molar-refractivity contribution in [1.29, 1.82) is 0 Å². The van der Waals surface area contributed by atoms with Crippen LogP contribution in [0.5, 0.6) is 5.75 Å². The summed E-state index contributed by atoms with van der Waals surface area (Å²) in [6.07, 6.45) is 5.63. The van der Waals surface area contributed by atoms with Gasteiger partial charge in [-0.3, -0.25) is 4.79 Å². The highest BCUT2D eigenvalue weighted by Crippen LogP contribution is 2.18. The summed E-state index contributed by atoms with van der Waals surface area (Å²) in [6.45, 7) is 3.59. The molecule has 90 valence electrons. The van der Waals surface area contributed by atoms with E-state index in [9.17, 15) is 9.90 Å². The molecule has 0 saturated carbocycles. The van der Waals surface area contributed by atoms with E-state index < -0.39 is 0 Å². The van der Waals surface area contributed by atoms with Gasteiger partial charge >= 0.3 is 0 Å². The largest absolute Gasteiger partial charge is 0.508 e. The molecule has 0 atom stereocenters. The van der Waals surface area contributed by atoms with Crippen LogP contribution in [0.2, 0.25) is 0 Å². The van der Waals surface area contributed by atoms with Crippen molar-refractivity contribution >= 4 is 12.0 Å². The highest BCUT2D eigenvalue weighted by atomic mass is 16.3. The number of aromatic hydroxyl groups is 1. The van der Waals surface area contributed by atoms with Gasteiger partial charge in [0, 0.05) is 19.2 Å². The molecule has 0 bridgehead atoms. The van der Waals surface area contributed by atoms with Gasteiger partial charge in [-0.05, 0) is 49.1 Å². The van der Waals surface area contributed by atoms with Crippen molar-refractivity contribution in [2.45, 2.75) is 19.8 Å². The first-order valence-electron chi connectivity index (χ1n) is 5.93. The Hall–Kier alpha value is -1.77. The van der Waals surface area contributed by atoms with Crippen molar-refractivity contribution in [2.24, 2.45) is 0 Å². The number of nitrogens with zero attached hydrogens (tertiary/aromatic N) is 1. The fourth-order valence-electron chi connectivity index (χ4n) is 1.99. The molecule has 3 nitrogen and oxygen atoms in total. The zero-order chi connectivity index (χ0) is 12.3. The molecular formula is C14H17NO2. The summed E-state index contributed by atoms with van der Waals surface area (Å²) in [5, 5.41) is 9.39. The van der Waals surface area contributed by atoms with Gasteiger partial charge in [0.2, 0.25) is 5.91 Å². The van der Waals surface area contributed by atoms with Crippen molar-refractivity contribution in [1.82, 2.24) is 4.90 Å². The van der Waals surface area contributed by atoms with E-state index >= 15 is 0 Å². The fourth-order valence-corrected chi connectivity index (χ4v) is 1.99. The number of amides is 1. The van der Waals surface area contributed by atoms with Crippen LogP contribution < -0.4 is 0 Å². The predicted octanol–water partition coefficient (Wildman–Crippen LogP) is 2.34. The SMILES string of the molecule is Cc1cc(/C=C/C(=O)N2CCCC2)ccc1O. The van der Waals surface area contributed by atoms with E-state index in [2.05, 4.69) is 0 Å². The van der Waals surface area contributed by atoms with Crippen LogP contribution >= 0.6 is 0 Å². The summed E-state index contributed by atoms with van der Waals surface area (Å²) in [7, 11) is 0. The first-order chi connectivity index (χ1) is 8.16. The number of phenols is 1. The van der Waals surface area contributed by atoms with Gasteiger partial charge in [0.25, 0.3) is 0 Å². The van der Waals surface area contributed by atoms with Gasteiger partial charge in [0.1, 0.15) is 5.75 Å². The first-order valence-corrected chi connectivity index (χ1v) is 5.93. The maximum absolute atomic E-state index is 11.8. The van der Waals surface area contributed by atoms with Gasteiger partial charge in [-0.25, -0.2) is 0 Å². The van der Waals surface area contributed by atoms with E-state index in [-0.39, 0.29) is 11.7 Å². The van der Waals surface area contributed by atoms with Crippen molar-refractivity contribution in [2.75, 3.05) is 13.1 Å². The molecule has 0 unspecified atom stereocenters. The lowest BCUT2D eigenvalue weighted by atomic mass is 10.1. The first kappa shape index (κ1) is 11.7. The van der Waals surface area contributed by atoms with E-state index in [0.29, 0.717) is 0 Å². The molecule has 1 N–H and O–H groups in total. The van der Waals surface area contributed by atoms with Gasteiger partial charge in [0.15, 0.2) is 0 Å². The minimum atomic E-state index is 0.0771. The minimum Gasteiger partial charge on any atom is -0.508 e. The Morgan fingerprint density at radius 2 is 2.06 bits per heavy atom. The number of hydrogen-bond acceptors (Lipinski definition) is 2. The van der Waals surface area contributed by atoms with Crippen LogP contribution in [0.3, 0.4) is 0 Å². The molecule has 17 heavy (non-hydrogen) atoms. The summed E-state index contributed by atoms with van der Waals surface area (Å²) >= 11 is 0. The number of hydrogen-bond donors (Lipinski definition) is 1. The fraction of sp³-hybridized carbons (Fsp3) is 0.357. The molecule has 0 aromatic heterocycles. The Morgan fingerprint density at radius 1 is 1.35 bits per heavy atom. The molecule has 3 heteroatoms. The van der Waals surface area contributed by atoms with Crippen LogP contribution in [0.4, 0.5) is 0 Å². The van der Waals surface area contributed by atoms with Gasteiger partial charge in [-0.15, -0.1) is 0 Å². The molecule has 1 heterocycles. The van der Waals surface area contributed by atoms with Crippen molar-refractivity contribution < 1.29 is 9.90 Å². The number of carbonyl (C=O) groups is 1. The molecular weight excluding hydrogens is 214 g/mol. The van der Waals surface area contributed by atoms with Crippen LogP contribution in [0.1, 0.15) is 24.0 Å². The molecule has 1 aliphatic rings. The standard InChI is InChI=1S/C14H17NO2/c1-11-10-12(4-6-13(11)16)5-7-14(17)15-8-2-3-9-15/h4-7,10,16H,2-3,8-9H2,1H3/b7-5+. The quantitative estimate of drug-likeness (QED) is 0.794. The number of benzene rings is 1. The third-order valence-corrected chi connectivity index (χ3v) is 3.06. The molecule has 1 saturated heterocycles.